The van der Waals surface area contributed by atoms with E-state index in [0.717, 1.165) is 0 Å². The van der Waals surface area contributed by atoms with Gasteiger partial charge in [-0.15, -0.1) is 0 Å². The molecule has 0 unspecified atom stereocenters. The Morgan fingerprint density at radius 1 is 1.43 bits per heavy atom. The first-order valence-electron chi connectivity index (χ1n) is 6.09. The number of amides is 1. The second-order valence-corrected chi connectivity index (χ2v) is 4.79. The van der Waals surface area contributed by atoms with E-state index in [1.165, 1.54) is 29.2 Å². The van der Waals surface area contributed by atoms with Crippen molar-refractivity contribution in [1.29, 1.82) is 0 Å². The lowest BCUT2D eigenvalue weighted by Gasteiger charge is -2.39. The van der Waals surface area contributed by atoms with Crippen molar-refractivity contribution in [1.82, 2.24) is 4.90 Å². The highest BCUT2D eigenvalue weighted by atomic mass is 19.4. The molecule has 2 rings (SSSR count). The van der Waals surface area contributed by atoms with Gasteiger partial charge in [0.15, 0.2) is 0 Å². The third-order valence-corrected chi connectivity index (χ3v) is 3.13. The third kappa shape index (κ3) is 3.91. The fourth-order valence-electron chi connectivity index (χ4n) is 2.01. The van der Waals surface area contributed by atoms with Gasteiger partial charge in [0.1, 0.15) is 0 Å². The van der Waals surface area contributed by atoms with Gasteiger partial charge in [0.2, 0.25) is 5.91 Å². The minimum absolute atomic E-state index is 0.171. The minimum atomic E-state index is -4.23. The summed E-state index contributed by atoms with van der Waals surface area (Å²) < 4.78 is 36.9. The van der Waals surface area contributed by atoms with Crippen LogP contribution in [0.4, 0.5) is 24.5 Å². The summed E-state index contributed by atoms with van der Waals surface area (Å²) in [6.07, 6.45) is -4.23. The fraction of sp³-hybridized carbons (Fsp3) is 0.417. The zero-order chi connectivity index (χ0) is 15.6. The number of nitro benzene ring substituents is 1. The van der Waals surface area contributed by atoms with E-state index in [2.05, 4.69) is 5.32 Å². The molecular weight excluding hydrogens is 291 g/mol. The molecule has 1 fully saturated rings. The molecule has 1 aliphatic rings. The number of benzene rings is 1. The maximum Gasteiger partial charge on any atom is 0.394 e. The number of anilines is 1. The van der Waals surface area contributed by atoms with Crippen LogP contribution in [0.2, 0.25) is 0 Å². The minimum Gasteiger partial charge on any atom is -0.325 e. The maximum atomic E-state index is 12.3. The van der Waals surface area contributed by atoms with Crippen LogP contribution < -0.4 is 5.32 Å². The van der Waals surface area contributed by atoms with Crippen molar-refractivity contribution >= 4 is 17.3 Å². The molecule has 1 N–H and O–H groups in total. The first-order valence-corrected chi connectivity index (χ1v) is 6.09. The Hall–Kier alpha value is -2.16. The molecule has 0 radical (unpaired) electrons. The van der Waals surface area contributed by atoms with Gasteiger partial charge in [-0.2, -0.15) is 13.2 Å². The standard InChI is InChI=1S/C12H12F3N3O3/c13-12(14,15)8-5-17(6-8)7-11(19)16-9-2-1-3-10(4-9)18(20)21/h1-4,8H,5-7H2,(H,16,19). The van der Waals surface area contributed by atoms with Gasteiger partial charge in [-0.1, -0.05) is 6.07 Å². The van der Waals surface area contributed by atoms with E-state index in [1.54, 1.807) is 0 Å². The summed E-state index contributed by atoms with van der Waals surface area (Å²) >= 11 is 0. The lowest BCUT2D eigenvalue weighted by atomic mass is 10.00. The summed E-state index contributed by atoms with van der Waals surface area (Å²) in [7, 11) is 0. The van der Waals surface area contributed by atoms with Crippen LogP contribution >= 0.6 is 0 Å². The highest BCUT2D eigenvalue weighted by Crippen LogP contribution is 2.33. The van der Waals surface area contributed by atoms with E-state index < -0.39 is 22.9 Å². The molecule has 6 nitrogen and oxygen atoms in total. The SMILES string of the molecule is O=C(CN1CC(C(F)(F)F)C1)Nc1cccc([N+](=O)[O-])c1. The number of nitro groups is 1. The number of non-ortho nitro benzene ring substituents is 1. The predicted molar refractivity (Wildman–Crippen MR) is 67.7 cm³/mol. The molecule has 0 aliphatic carbocycles. The van der Waals surface area contributed by atoms with Gasteiger partial charge in [-0.3, -0.25) is 19.8 Å². The molecule has 0 saturated carbocycles. The average Bonchev–Trinajstić information content (AvgIpc) is 2.32. The van der Waals surface area contributed by atoms with Gasteiger partial charge in [-0.25, -0.2) is 0 Å². The van der Waals surface area contributed by atoms with E-state index >= 15 is 0 Å². The average molecular weight is 303 g/mol. The molecule has 0 atom stereocenters. The van der Waals surface area contributed by atoms with Crippen LogP contribution in [0, 0.1) is 16.0 Å². The molecule has 1 heterocycles. The molecule has 1 aromatic rings. The molecule has 9 heteroatoms. The number of hydrogen-bond acceptors (Lipinski definition) is 4. The highest BCUT2D eigenvalue weighted by Gasteiger charge is 2.47. The number of carbonyl (C=O) groups is 1. The molecule has 0 aromatic heterocycles. The van der Waals surface area contributed by atoms with Crippen LogP contribution in [0.3, 0.4) is 0 Å². The second-order valence-electron chi connectivity index (χ2n) is 4.79. The van der Waals surface area contributed by atoms with Crippen LogP contribution in [-0.2, 0) is 4.79 Å². The number of carbonyl (C=O) groups excluding carboxylic acids is 1. The number of halogens is 3. The Labute approximate surface area is 117 Å². The van der Waals surface area contributed by atoms with Crippen molar-refractivity contribution in [3.63, 3.8) is 0 Å². The van der Waals surface area contributed by atoms with Crippen LogP contribution in [0.5, 0.6) is 0 Å². The lowest BCUT2D eigenvalue weighted by molar-refractivity contribution is -0.384. The van der Waals surface area contributed by atoms with E-state index in [-0.39, 0.29) is 31.0 Å². The summed E-state index contributed by atoms with van der Waals surface area (Å²) in [5, 5.41) is 13.0. The van der Waals surface area contributed by atoms with Crippen molar-refractivity contribution in [2.75, 3.05) is 25.0 Å². The van der Waals surface area contributed by atoms with Gasteiger partial charge in [0.05, 0.1) is 17.4 Å². The molecular formula is C12H12F3N3O3. The molecule has 1 aromatic carbocycles. The molecule has 0 spiro atoms. The highest BCUT2D eigenvalue weighted by molar-refractivity contribution is 5.92. The van der Waals surface area contributed by atoms with Gasteiger partial charge in [0.25, 0.3) is 5.69 Å². The van der Waals surface area contributed by atoms with Crippen LogP contribution in [0.25, 0.3) is 0 Å². The quantitative estimate of drug-likeness (QED) is 0.682. The molecule has 1 aliphatic heterocycles. The summed E-state index contributed by atoms with van der Waals surface area (Å²) in [6.45, 7) is -0.576. The number of rotatable bonds is 4. The fourth-order valence-corrected chi connectivity index (χ4v) is 2.01. The Morgan fingerprint density at radius 3 is 2.67 bits per heavy atom. The van der Waals surface area contributed by atoms with Crippen molar-refractivity contribution in [3.05, 3.63) is 34.4 Å². The number of nitrogens with one attached hydrogen (secondary N) is 1. The van der Waals surface area contributed by atoms with Crippen LogP contribution in [0.1, 0.15) is 0 Å². The Morgan fingerprint density at radius 2 is 2.10 bits per heavy atom. The Balaban J connectivity index is 1.84. The lowest BCUT2D eigenvalue weighted by Crippen LogP contribution is -2.55. The first kappa shape index (κ1) is 15.2. The van der Waals surface area contributed by atoms with Crippen LogP contribution in [-0.4, -0.2) is 41.5 Å². The zero-order valence-corrected chi connectivity index (χ0v) is 10.8. The Bertz CT molecular complexity index is 556. The van der Waals surface area contributed by atoms with Gasteiger partial charge < -0.3 is 5.32 Å². The summed E-state index contributed by atoms with van der Waals surface area (Å²) in [6, 6.07) is 5.35. The van der Waals surface area contributed by atoms with Crippen molar-refractivity contribution < 1.29 is 22.9 Å². The zero-order valence-electron chi connectivity index (χ0n) is 10.8. The third-order valence-electron chi connectivity index (χ3n) is 3.13. The first-order chi connectivity index (χ1) is 9.75. The summed E-state index contributed by atoms with van der Waals surface area (Å²) in [5.74, 6) is -1.89. The predicted octanol–water partition coefficient (Wildman–Crippen LogP) is 2.03. The molecule has 1 saturated heterocycles. The van der Waals surface area contributed by atoms with E-state index in [0.29, 0.717) is 0 Å². The maximum absolute atomic E-state index is 12.3. The normalized spacial score (nSPS) is 16.3. The molecule has 114 valence electrons. The van der Waals surface area contributed by atoms with Crippen molar-refractivity contribution in [2.24, 2.45) is 5.92 Å². The smallest absolute Gasteiger partial charge is 0.325 e. The van der Waals surface area contributed by atoms with Gasteiger partial charge in [-0.05, 0) is 6.07 Å². The number of nitrogens with zero attached hydrogens (tertiary/aromatic N) is 2. The van der Waals surface area contributed by atoms with Crippen LogP contribution in [0.15, 0.2) is 24.3 Å². The second kappa shape index (κ2) is 5.68. The number of alkyl halides is 3. The summed E-state index contributed by atoms with van der Waals surface area (Å²) in [5.41, 5.74) is 0.0657. The molecule has 21 heavy (non-hydrogen) atoms. The summed E-state index contributed by atoms with van der Waals surface area (Å²) in [4.78, 5) is 23.0. The Kier molecular flexibility index (Phi) is 4.12. The van der Waals surface area contributed by atoms with Gasteiger partial charge >= 0.3 is 6.18 Å². The monoisotopic (exact) mass is 303 g/mol. The van der Waals surface area contributed by atoms with E-state index in [9.17, 15) is 28.1 Å². The number of likely N-dealkylation sites (tertiary alicyclic amines) is 1. The van der Waals surface area contributed by atoms with Crippen molar-refractivity contribution in [3.8, 4) is 0 Å². The number of hydrogen-bond donors (Lipinski definition) is 1. The largest absolute Gasteiger partial charge is 0.394 e. The van der Waals surface area contributed by atoms with E-state index in [4.69, 9.17) is 0 Å². The van der Waals surface area contributed by atoms with E-state index in [1.807, 2.05) is 0 Å². The molecule has 0 bridgehead atoms. The molecule has 1 amide bonds. The topological polar surface area (TPSA) is 75.5 Å². The van der Waals surface area contributed by atoms with Crippen molar-refractivity contribution in [2.45, 2.75) is 6.18 Å². The van der Waals surface area contributed by atoms with Gasteiger partial charge in [0, 0.05) is 30.9 Å².